The first kappa shape index (κ1) is 13.4. The molecule has 0 unspecified atom stereocenters. The fourth-order valence-corrected chi connectivity index (χ4v) is 1.72. The number of nitrogen functional groups attached to an aromatic ring is 1. The van der Waals surface area contributed by atoms with E-state index in [4.69, 9.17) is 5.73 Å². The molecular weight excluding hydrogens is 257 g/mol. The van der Waals surface area contributed by atoms with Gasteiger partial charge in [0, 0.05) is 5.69 Å². The third-order valence-electron chi connectivity index (χ3n) is 2.73. The van der Waals surface area contributed by atoms with Crippen molar-refractivity contribution < 1.29 is 13.2 Å². The molecule has 102 valence electrons. The minimum atomic E-state index is -4.53. The zero-order valence-corrected chi connectivity index (χ0v) is 10.5. The maximum atomic E-state index is 12.5. The molecule has 0 aliphatic carbocycles. The third-order valence-corrected chi connectivity index (χ3v) is 2.73. The van der Waals surface area contributed by atoms with Crippen LogP contribution < -0.4 is 5.73 Å². The predicted molar refractivity (Wildman–Crippen MR) is 64.5 cm³/mol. The number of hydrogen-bond donors (Lipinski definition) is 1. The Morgan fingerprint density at radius 2 is 1.95 bits per heavy atom. The van der Waals surface area contributed by atoms with Gasteiger partial charge in [0.25, 0.3) is 5.82 Å². The third kappa shape index (κ3) is 2.86. The minimum absolute atomic E-state index is 0.169. The molecule has 0 radical (unpaired) electrons. The summed E-state index contributed by atoms with van der Waals surface area (Å²) in [4.78, 5) is 3.42. The molecule has 19 heavy (non-hydrogen) atoms. The van der Waals surface area contributed by atoms with Crippen molar-refractivity contribution in [2.24, 2.45) is 0 Å². The number of nitrogens with zero attached hydrogens (tertiary/aromatic N) is 3. The van der Waals surface area contributed by atoms with Gasteiger partial charge in [-0.3, -0.25) is 0 Å². The summed E-state index contributed by atoms with van der Waals surface area (Å²) in [6.45, 7) is 3.54. The van der Waals surface area contributed by atoms with Crippen molar-refractivity contribution in [3.63, 3.8) is 0 Å². The van der Waals surface area contributed by atoms with Crippen molar-refractivity contribution in [1.29, 1.82) is 0 Å². The number of anilines is 1. The van der Waals surface area contributed by atoms with Crippen molar-refractivity contribution in [3.05, 3.63) is 41.0 Å². The van der Waals surface area contributed by atoms with Gasteiger partial charge in [-0.2, -0.15) is 13.2 Å². The standard InChI is InChI=1S/C12H13F3N4/c1-7-3-4-10(16)9(5-7)6-19-8(2)17-11(18-19)12(13,14)15/h3-5H,6,16H2,1-2H3. The summed E-state index contributed by atoms with van der Waals surface area (Å²) in [6, 6.07) is 5.39. The van der Waals surface area contributed by atoms with Crippen molar-refractivity contribution in [2.75, 3.05) is 5.73 Å². The van der Waals surface area contributed by atoms with E-state index in [9.17, 15) is 13.2 Å². The Balaban J connectivity index is 2.34. The summed E-state index contributed by atoms with van der Waals surface area (Å²) in [5.74, 6) is -0.926. The van der Waals surface area contributed by atoms with Gasteiger partial charge in [0.2, 0.25) is 0 Å². The van der Waals surface area contributed by atoms with Crippen LogP contribution in [0.15, 0.2) is 18.2 Å². The lowest BCUT2D eigenvalue weighted by atomic mass is 10.1. The molecule has 0 spiro atoms. The Hall–Kier alpha value is -2.05. The van der Waals surface area contributed by atoms with Gasteiger partial charge in [-0.25, -0.2) is 9.67 Å². The first-order valence-electron chi connectivity index (χ1n) is 5.61. The maximum absolute atomic E-state index is 12.5. The Morgan fingerprint density at radius 1 is 1.26 bits per heavy atom. The molecule has 1 heterocycles. The van der Waals surface area contributed by atoms with E-state index in [2.05, 4.69) is 10.1 Å². The van der Waals surface area contributed by atoms with E-state index in [1.165, 1.54) is 11.6 Å². The second-order valence-electron chi connectivity index (χ2n) is 4.34. The Morgan fingerprint density at radius 3 is 2.53 bits per heavy atom. The number of halogens is 3. The van der Waals surface area contributed by atoms with Crippen LogP contribution in [-0.2, 0) is 12.7 Å². The van der Waals surface area contributed by atoms with E-state index in [-0.39, 0.29) is 12.4 Å². The van der Waals surface area contributed by atoms with E-state index >= 15 is 0 Å². The molecule has 1 aromatic heterocycles. The number of rotatable bonds is 2. The van der Waals surface area contributed by atoms with Gasteiger partial charge in [0.15, 0.2) is 0 Å². The van der Waals surface area contributed by atoms with Crippen LogP contribution in [0, 0.1) is 13.8 Å². The topological polar surface area (TPSA) is 56.7 Å². The van der Waals surface area contributed by atoms with Crippen molar-refractivity contribution in [2.45, 2.75) is 26.6 Å². The smallest absolute Gasteiger partial charge is 0.398 e. The van der Waals surface area contributed by atoms with E-state index < -0.39 is 12.0 Å². The SMILES string of the molecule is Cc1ccc(N)c(Cn2nc(C(F)(F)F)nc2C)c1. The molecular formula is C12H13F3N4. The van der Waals surface area contributed by atoms with Gasteiger partial charge < -0.3 is 5.73 Å². The molecule has 0 saturated heterocycles. The quantitative estimate of drug-likeness (QED) is 0.853. The zero-order chi connectivity index (χ0) is 14.2. The molecule has 2 N–H and O–H groups in total. The first-order valence-corrected chi connectivity index (χ1v) is 5.61. The summed E-state index contributed by atoms with van der Waals surface area (Å²) in [5, 5.41) is 3.47. The fourth-order valence-electron chi connectivity index (χ4n) is 1.72. The van der Waals surface area contributed by atoms with Crippen molar-refractivity contribution in [3.8, 4) is 0 Å². The van der Waals surface area contributed by atoms with E-state index in [0.717, 1.165) is 11.1 Å². The molecule has 2 rings (SSSR count). The van der Waals surface area contributed by atoms with Gasteiger partial charge in [0.1, 0.15) is 5.82 Å². The summed E-state index contributed by atoms with van der Waals surface area (Å²) in [5.41, 5.74) is 8.03. The van der Waals surface area contributed by atoms with Crippen LogP contribution in [0.2, 0.25) is 0 Å². The predicted octanol–water partition coefficient (Wildman–Crippen LogP) is 2.54. The van der Waals surface area contributed by atoms with Crippen LogP contribution in [0.5, 0.6) is 0 Å². The summed E-state index contributed by atoms with van der Waals surface area (Å²) >= 11 is 0. The van der Waals surface area contributed by atoms with Crippen LogP contribution in [0.4, 0.5) is 18.9 Å². The van der Waals surface area contributed by atoms with Gasteiger partial charge in [-0.15, -0.1) is 5.10 Å². The summed E-state index contributed by atoms with van der Waals surface area (Å²) < 4.78 is 38.7. The van der Waals surface area contributed by atoms with Gasteiger partial charge in [-0.1, -0.05) is 17.7 Å². The van der Waals surface area contributed by atoms with Crippen molar-refractivity contribution in [1.82, 2.24) is 14.8 Å². The van der Waals surface area contributed by atoms with Gasteiger partial charge in [0.05, 0.1) is 6.54 Å². The van der Waals surface area contributed by atoms with Gasteiger partial charge >= 0.3 is 6.18 Å². The fraction of sp³-hybridized carbons (Fsp3) is 0.333. The van der Waals surface area contributed by atoms with Crippen LogP contribution >= 0.6 is 0 Å². The lowest BCUT2D eigenvalue weighted by Crippen LogP contribution is -2.10. The lowest BCUT2D eigenvalue weighted by Gasteiger charge is -2.08. The molecule has 0 aliphatic heterocycles. The Kier molecular flexibility index (Phi) is 3.21. The summed E-state index contributed by atoms with van der Waals surface area (Å²) in [6.07, 6.45) is -4.53. The maximum Gasteiger partial charge on any atom is 0.453 e. The molecule has 0 atom stereocenters. The molecule has 0 fully saturated rings. The Labute approximate surface area is 108 Å². The number of aryl methyl sites for hydroxylation is 2. The van der Waals surface area contributed by atoms with E-state index in [1.807, 2.05) is 19.1 Å². The highest BCUT2D eigenvalue weighted by Crippen LogP contribution is 2.26. The monoisotopic (exact) mass is 270 g/mol. The van der Waals surface area contributed by atoms with Crippen LogP contribution in [-0.4, -0.2) is 14.8 Å². The molecule has 7 heteroatoms. The average molecular weight is 270 g/mol. The number of alkyl halides is 3. The highest BCUT2D eigenvalue weighted by atomic mass is 19.4. The van der Waals surface area contributed by atoms with Crippen LogP contribution in [0.3, 0.4) is 0 Å². The number of nitrogens with two attached hydrogens (primary N) is 1. The molecule has 0 aliphatic rings. The minimum Gasteiger partial charge on any atom is -0.398 e. The lowest BCUT2D eigenvalue weighted by molar-refractivity contribution is -0.145. The zero-order valence-electron chi connectivity index (χ0n) is 10.5. The van der Waals surface area contributed by atoms with E-state index in [1.54, 1.807) is 6.07 Å². The largest absolute Gasteiger partial charge is 0.453 e. The first-order chi connectivity index (χ1) is 8.77. The molecule has 0 amide bonds. The molecule has 4 nitrogen and oxygen atoms in total. The molecule has 0 bridgehead atoms. The van der Waals surface area contributed by atoms with E-state index in [0.29, 0.717) is 5.69 Å². The number of aromatic nitrogens is 3. The van der Waals surface area contributed by atoms with Gasteiger partial charge in [-0.05, 0) is 25.5 Å². The summed E-state index contributed by atoms with van der Waals surface area (Å²) in [7, 11) is 0. The Bertz CT molecular complexity index is 602. The highest BCUT2D eigenvalue weighted by Gasteiger charge is 2.36. The van der Waals surface area contributed by atoms with Crippen LogP contribution in [0.25, 0.3) is 0 Å². The second-order valence-corrected chi connectivity index (χ2v) is 4.34. The highest BCUT2D eigenvalue weighted by molar-refractivity contribution is 5.48. The number of benzene rings is 1. The average Bonchev–Trinajstić information content (AvgIpc) is 2.65. The van der Waals surface area contributed by atoms with Crippen molar-refractivity contribution >= 4 is 5.69 Å². The normalized spacial score (nSPS) is 11.8. The van der Waals surface area contributed by atoms with Crippen LogP contribution in [0.1, 0.15) is 22.8 Å². The number of hydrogen-bond acceptors (Lipinski definition) is 3. The molecule has 0 saturated carbocycles. The molecule has 2 aromatic rings. The second kappa shape index (κ2) is 4.56. The molecule has 1 aromatic carbocycles.